The number of primary amides is 1. The summed E-state index contributed by atoms with van der Waals surface area (Å²) in [6.07, 6.45) is -0.638. The van der Waals surface area contributed by atoms with Gasteiger partial charge < -0.3 is 20.7 Å². The average Bonchev–Trinajstić information content (AvgIpc) is 2.52. The Kier molecular flexibility index (Phi) is 3.64. The number of carbonyl (C=O) groups excluding carboxylic acids is 3. The largest absolute Gasteiger partial charge is 0.444 e. The first-order valence-corrected chi connectivity index (χ1v) is 7.61. The van der Waals surface area contributed by atoms with Crippen molar-refractivity contribution >= 4 is 29.7 Å². The van der Waals surface area contributed by atoms with E-state index in [0.717, 1.165) is 0 Å². The Morgan fingerprint density at radius 1 is 1.38 bits per heavy atom. The summed E-state index contributed by atoms with van der Waals surface area (Å²) in [6, 6.07) is -1.33. The normalized spacial score (nSPS) is 30.4. The van der Waals surface area contributed by atoms with Crippen molar-refractivity contribution in [1.82, 2.24) is 10.2 Å². The maximum absolute atomic E-state index is 12.2. The van der Waals surface area contributed by atoms with Gasteiger partial charge in [-0.15, -0.1) is 11.8 Å². The molecule has 0 aromatic carbocycles. The molecule has 0 aromatic heterocycles. The molecule has 0 aromatic rings. The molecule has 2 aliphatic heterocycles. The molecule has 8 heteroatoms. The number of nitrogens with two attached hydrogens (primary N) is 1. The van der Waals surface area contributed by atoms with Crippen LogP contribution in [0.3, 0.4) is 0 Å². The van der Waals surface area contributed by atoms with Crippen molar-refractivity contribution < 1.29 is 19.1 Å². The first kappa shape index (κ1) is 15.9. The molecule has 2 heterocycles. The summed E-state index contributed by atoms with van der Waals surface area (Å²) in [5.41, 5.74) is 4.76. The number of nitrogens with one attached hydrogen (secondary N) is 1. The second kappa shape index (κ2) is 4.79. The lowest BCUT2D eigenvalue weighted by Crippen LogP contribution is -2.71. The van der Waals surface area contributed by atoms with E-state index in [1.54, 1.807) is 20.8 Å². The summed E-state index contributed by atoms with van der Waals surface area (Å²) in [4.78, 5) is 37.0. The summed E-state index contributed by atoms with van der Waals surface area (Å²) in [5.74, 6) is -0.827. The van der Waals surface area contributed by atoms with E-state index >= 15 is 0 Å². The van der Waals surface area contributed by atoms with Gasteiger partial charge in [-0.1, -0.05) is 0 Å². The minimum absolute atomic E-state index is 0.280. The number of carbonyl (C=O) groups is 3. The molecule has 3 amide bonds. The van der Waals surface area contributed by atoms with Gasteiger partial charge in [-0.25, -0.2) is 4.79 Å². The molecule has 0 bridgehead atoms. The van der Waals surface area contributed by atoms with Gasteiger partial charge in [0.2, 0.25) is 11.8 Å². The van der Waals surface area contributed by atoms with Gasteiger partial charge in [-0.05, 0) is 34.6 Å². The lowest BCUT2D eigenvalue weighted by atomic mass is 9.95. The zero-order chi connectivity index (χ0) is 16.2. The van der Waals surface area contributed by atoms with Crippen LogP contribution in [0.2, 0.25) is 0 Å². The molecule has 21 heavy (non-hydrogen) atoms. The number of hydrogen-bond donors (Lipinski definition) is 2. The van der Waals surface area contributed by atoms with E-state index in [-0.39, 0.29) is 11.3 Å². The highest BCUT2D eigenvalue weighted by atomic mass is 32.2. The molecule has 118 valence electrons. The van der Waals surface area contributed by atoms with Gasteiger partial charge in [-0.2, -0.15) is 0 Å². The molecular weight excluding hydrogens is 294 g/mol. The number of hydrogen-bond acceptors (Lipinski definition) is 5. The Labute approximate surface area is 127 Å². The smallest absolute Gasteiger partial charge is 0.408 e. The Hall–Kier alpha value is -1.44. The lowest BCUT2D eigenvalue weighted by molar-refractivity contribution is -0.152. The molecule has 0 aliphatic carbocycles. The lowest BCUT2D eigenvalue weighted by Gasteiger charge is -2.43. The van der Waals surface area contributed by atoms with Crippen molar-refractivity contribution in [3.63, 3.8) is 0 Å². The van der Waals surface area contributed by atoms with Gasteiger partial charge in [0.15, 0.2) is 0 Å². The molecule has 2 aliphatic rings. The van der Waals surface area contributed by atoms with Gasteiger partial charge in [0.1, 0.15) is 23.1 Å². The Bertz CT molecular complexity index is 500. The molecule has 2 rings (SSSR count). The highest BCUT2D eigenvalue weighted by molar-refractivity contribution is 8.01. The third-order valence-corrected chi connectivity index (χ3v) is 4.95. The second-order valence-electron chi connectivity index (χ2n) is 6.79. The van der Waals surface area contributed by atoms with Crippen LogP contribution in [0.15, 0.2) is 0 Å². The van der Waals surface area contributed by atoms with Crippen molar-refractivity contribution in [1.29, 1.82) is 0 Å². The molecule has 0 spiro atoms. The van der Waals surface area contributed by atoms with Crippen molar-refractivity contribution in [3.8, 4) is 0 Å². The quantitative estimate of drug-likeness (QED) is 0.719. The monoisotopic (exact) mass is 315 g/mol. The fraction of sp³-hybridized carbons (Fsp3) is 0.769. The minimum Gasteiger partial charge on any atom is -0.444 e. The number of thioether (sulfide) groups is 1. The number of alkyl carbamates (subject to hydrolysis) is 1. The van der Waals surface area contributed by atoms with Gasteiger partial charge in [0.05, 0.1) is 0 Å². The van der Waals surface area contributed by atoms with Gasteiger partial charge in [-0.3, -0.25) is 9.59 Å². The fourth-order valence-corrected chi connectivity index (χ4v) is 4.28. The summed E-state index contributed by atoms with van der Waals surface area (Å²) in [7, 11) is 0. The Morgan fingerprint density at radius 3 is 2.43 bits per heavy atom. The number of nitrogens with zero attached hydrogens (tertiary/aromatic N) is 1. The van der Waals surface area contributed by atoms with E-state index in [1.807, 2.05) is 13.8 Å². The first-order chi connectivity index (χ1) is 9.44. The highest BCUT2D eigenvalue weighted by Crippen LogP contribution is 2.50. The molecule has 7 nitrogen and oxygen atoms in total. The molecule has 2 saturated heterocycles. The van der Waals surface area contributed by atoms with Crippen LogP contribution < -0.4 is 11.1 Å². The van der Waals surface area contributed by atoms with Crippen LogP contribution in [0.5, 0.6) is 0 Å². The van der Waals surface area contributed by atoms with Gasteiger partial charge >= 0.3 is 6.09 Å². The third-order valence-electron chi connectivity index (χ3n) is 3.38. The van der Waals surface area contributed by atoms with Crippen molar-refractivity contribution in [3.05, 3.63) is 0 Å². The topological polar surface area (TPSA) is 102 Å². The minimum atomic E-state index is -0.673. The number of amides is 3. The third kappa shape index (κ3) is 2.81. The van der Waals surface area contributed by atoms with Crippen LogP contribution >= 0.6 is 11.8 Å². The summed E-state index contributed by atoms with van der Waals surface area (Å²) in [6.45, 7) is 8.97. The zero-order valence-corrected chi connectivity index (χ0v) is 13.6. The van der Waals surface area contributed by atoms with Crippen LogP contribution in [0.4, 0.5) is 4.79 Å². The van der Waals surface area contributed by atoms with Crippen molar-refractivity contribution in [2.45, 2.75) is 62.4 Å². The second-order valence-corrected chi connectivity index (χ2v) is 8.56. The first-order valence-electron chi connectivity index (χ1n) is 6.73. The highest BCUT2D eigenvalue weighted by Gasteiger charge is 2.63. The van der Waals surface area contributed by atoms with Gasteiger partial charge in [0.25, 0.3) is 0 Å². The van der Waals surface area contributed by atoms with E-state index in [2.05, 4.69) is 5.32 Å². The molecule has 0 radical (unpaired) electrons. The van der Waals surface area contributed by atoms with E-state index in [1.165, 1.54) is 16.7 Å². The Morgan fingerprint density at radius 2 is 1.95 bits per heavy atom. The van der Waals surface area contributed by atoms with E-state index in [9.17, 15) is 14.4 Å². The number of rotatable bonds is 2. The maximum atomic E-state index is 12.2. The molecule has 3 N–H and O–H groups in total. The summed E-state index contributed by atoms with van der Waals surface area (Å²) >= 11 is 1.46. The zero-order valence-electron chi connectivity index (χ0n) is 12.8. The summed E-state index contributed by atoms with van der Waals surface area (Å²) < 4.78 is 4.67. The standard InChI is InChI=1S/C13H21N3O4S/c1-12(2,3)20-11(19)15-6-9(18)16-7(8(14)17)13(4,5)21-10(6)16/h6-7,10H,1-5H3,(H2,14,17)(H,15,19)/t6-,7+,10-/m1/s1. The predicted octanol–water partition coefficient (Wildman–Crippen LogP) is 0.427. The number of β-lactam (4-membered cyclic amide) rings is 1. The van der Waals surface area contributed by atoms with E-state index in [0.29, 0.717) is 0 Å². The number of fused-ring (bicyclic) bond motifs is 1. The Balaban J connectivity index is 2.06. The van der Waals surface area contributed by atoms with Crippen molar-refractivity contribution in [2.24, 2.45) is 5.73 Å². The average molecular weight is 315 g/mol. The fourth-order valence-electron chi connectivity index (χ4n) is 2.64. The molecule has 0 unspecified atom stereocenters. The molecule has 3 atom stereocenters. The SMILES string of the molecule is CC(C)(C)OC(=O)N[C@@H]1C(=O)N2[C@@H]1SC(C)(C)[C@@H]2C(N)=O. The van der Waals surface area contributed by atoms with Crippen LogP contribution in [-0.4, -0.2) is 50.6 Å². The van der Waals surface area contributed by atoms with E-state index < -0.39 is 34.4 Å². The molecule has 2 fully saturated rings. The van der Waals surface area contributed by atoms with Crippen LogP contribution in [0.25, 0.3) is 0 Å². The van der Waals surface area contributed by atoms with Crippen LogP contribution in [0.1, 0.15) is 34.6 Å². The summed E-state index contributed by atoms with van der Waals surface area (Å²) in [5, 5.41) is 2.29. The van der Waals surface area contributed by atoms with Crippen LogP contribution in [0, 0.1) is 0 Å². The van der Waals surface area contributed by atoms with E-state index in [4.69, 9.17) is 10.5 Å². The molecular formula is C13H21N3O4S. The van der Waals surface area contributed by atoms with Gasteiger partial charge in [0, 0.05) is 4.75 Å². The molecule has 0 saturated carbocycles. The maximum Gasteiger partial charge on any atom is 0.408 e. The van der Waals surface area contributed by atoms with Crippen molar-refractivity contribution in [2.75, 3.05) is 0 Å². The van der Waals surface area contributed by atoms with Crippen LogP contribution in [-0.2, 0) is 14.3 Å². The number of ether oxygens (including phenoxy) is 1. The predicted molar refractivity (Wildman–Crippen MR) is 78.4 cm³/mol.